The van der Waals surface area contributed by atoms with E-state index < -0.39 is 10.0 Å². The lowest BCUT2D eigenvalue weighted by Gasteiger charge is -2.31. The molecule has 8 nitrogen and oxygen atoms in total. The Morgan fingerprint density at radius 1 is 1.23 bits per heavy atom. The van der Waals surface area contributed by atoms with Crippen LogP contribution in [-0.4, -0.2) is 51.7 Å². The van der Waals surface area contributed by atoms with Gasteiger partial charge < -0.3 is 4.74 Å². The summed E-state index contributed by atoms with van der Waals surface area (Å²) in [6.07, 6.45) is 2.87. The van der Waals surface area contributed by atoms with E-state index in [2.05, 4.69) is 15.1 Å². The Morgan fingerprint density at radius 2 is 1.92 bits per heavy atom. The maximum Gasteiger partial charge on any atom is 0.246 e. The van der Waals surface area contributed by atoms with Crippen LogP contribution in [0.25, 0.3) is 0 Å². The van der Waals surface area contributed by atoms with Gasteiger partial charge in [-0.15, -0.1) is 0 Å². The van der Waals surface area contributed by atoms with E-state index in [1.54, 1.807) is 23.9 Å². The Bertz CT molecular complexity index is 886. The summed E-state index contributed by atoms with van der Waals surface area (Å²) < 4.78 is 35.3. The largest absolute Gasteiger partial charge is 0.474 e. The van der Waals surface area contributed by atoms with Gasteiger partial charge in [-0.25, -0.2) is 13.4 Å². The van der Waals surface area contributed by atoms with Gasteiger partial charge in [0.15, 0.2) is 0 Å². The Morgan fingerprint density at radius 3 is 2.50 bits per heavy atom. The maximum atomic E-state index is 13.1. The lowest BCUT2D eigenvalue weighted by Crippen LogP contribution is -2.42. The van der Waals surface area contributed by atoms with Gasteiger partial charge in [0, 0.05) is 31.9 Å². The second kappa shape index (κ2) is 7.32. The molecule has 0 radical (unpaired) electrons. The molecule has 1 aliphatic heterocycles. The highest BCUT2D eigenvalue weighted by Crippen LogP contribution is 2.27. The lowest BCUT2D eigenvalue weighted by molar-refractivity contribution is 0.129. The molecule has 0 aliphatic carbocycles. The van der Waals surface area contributed by atoms with Crippen LogP contribution in [-0.2, 0) is 16.6 Å². The molecule has 26 heavy (non-hydrogen) atoms. The van der Waals surface area contributed by atoms with Crippen molar-refractivity contribution in [2.45, 2.75) is 58.1 Å². The van der Waals surface area contributed by atoms with Crippen molar-refractivity contribution in [2.24, 2.45) is 0 Å². The summed E-state index contributed by atoms with van der Waals surface area (Å²) in [5.74, 6) is 1.19. The molecule has 0 atom stereocenters. The van der Waals surface area contributed by atoms with Crippen molar-refractivity contribution in [1.29, 1.82) is 0 Å². The first-order chi connectivity index (χ1) is 12.3. The Labute approximate surface area is 154 Å². The molecule has 0 unspecified atom stereocenters. The molecule has 1 fully saturated rings. The van der Waals surface area contributed by atoms with Gasteiger partial charge in [-0.3, -0.25) is 4.68 Å². The summed E-state index contributed by atoms with van der Waals surface area (Å²) in [5.41, 5.74) is 1.25. The molecule has 142 valence electrons. The monoisotopic (exact) mass is 379 g/mol. The maximum absolute atomic E-state index is 13.1. The minimum atomic E-state index is -3.55. The molecule has 0 saturated carbocycles. The molecular weight excluding hydrogens is 354 g/mol. The average Bonchev–Trinajstić information content (AvgIpc) is 2.89. The molecule has 0 amide bonds. The number of aromatic nitrogens is 4. The van der Waals surface area contributed by atoms with Crippen LogP contribution in [0.5, 0.6) is 5.88 Å². The first kappa shape index (κ1) is 18.8. The third-order valence-electron chi connectivity index (χ3n) is 4.65. The number of hydrogen-bond donors (Lipinski definition) is 0. The first-order valence-corrected chi connectivity index (χ1v) is 10.3. The highest BCUT2D eigenvalue weighted by molar-refractivity contribution is 7.89. The van der Waals surface area contributed by atoms with E-state index in [1.165, 1.54) is 4.31 Å². The highest BCUT2D eigenvalue weighted by Gasteiger charge is 2.34. The van der Waals surface area contributed by atoms with Crippen molar-refractivity contribution in [3.63, 3.8) is 0 Å². The van der Waals surface area contributed by atoms with E-state index in [0.29, 0.717) is 60.5 Å². The molecule has 1 saturated heterocycles. The van der Waals surface area contributed by atoms with E-state index in [9.17, 15) is 8.42 Å². The quantitative estimate of drug-likeness (QED) is 0.787. The van der Waals surface area contributed by atoms with E-state index in [1.807, 2.05) is 20.8 Å². The molecule has 2 aromatic rings. The zero-order valence-corrected chi connectivity index (χ0v) is 16.5. The average molecular weight is 379 g/mol. The summed E-state index contributed by atoms with van der Waals surface area (Å²) in [6, 6.07) is 1.72. The molecule has 9 heteroatoms. The Kier molecular flexibility index (Phi) is 5.29. The van der Waals surface area contributed by atoms with E-state index in [4.69, 9.17) is 4.74 Å². The number of piperidine rings is 1. The van der Waals surface area contributed by atoms with Crippen LogP contribution >= 0.6 is 0 Å². The van der Waals surface area contributed by atoms with Crippen molar-refractivity contribution in [1.82, 2.24) is 24.1 Å². The minimum Gasteiger partial charge on any atom is -0.474 e. The van der Waals surface area contributed by atoms with Crippen LogP contribution in [0.4, 0.5) is 0 Å². The van der Waals surface area contributed by atoms with E-state index in [0.717, 1.165) is 0 Å². The predicted octanol–water partition coefficient (Wildman–Crippen LogP) is 1.85. The third kappa shape index (κ3) is 3.59. The van der Waals surface area contributed by atoms with Gasteiger partial charge >= 0.3 is 0 Å². The van der Waals surface area contributed by atoms with Crippen molar-refractivity contribution < 1.29 is 13.2 Å². The van der Waals surface area contributed by atoms with Crippen molar-refractivity contribution in [3.8, 4) is 5.88 Å². The second-order valence-electron chi connectivity index (χ2n) is 6.48. The van der Waals surface area contributed by atoms with Gasteiger partial charge in [-0.05, 0) is 40.5 Å². The summed E-state index contributed by atoms with van der Waals surface area (Å²) in [5, 5.41) is 4.34. The topological polar surface area (TPSA) is 90.2 Å². The second-order valence-corrected chi connectivity index (χ2v) is 8.35. The third-order valence-corrected chi connectivity index (χ3v) is 6.80. The van der Waals surface area contributed by atoms with Gasteiger partial charge in [0.05, 0.1) is 11.4 Å². The molecule has 2 aromatic heterocycles. The molecule has 0 bridgehead atoms. The summed E-state index contributed by atoms with van der Waals surface area (Å²) in [4.78, 5) is 8.63. The van der Waals surface area contributed by atoms with Crippen LogP contribution in [0.3, 0.4) is 0 Å². The Balaban J connectivity index is 1.70. The normalized spacial score (nSPS) is 16.8. The van der Waals surface area contributed by atoms with Gasteiger partial charge in [0.1, 0.15) is 16.8 Å². The van der Waals surface area contributed by atoms with Gasteiger partial charge in [0.25, 0.3) is 0 Å². The Hall–Kier alpha value is -2.00. The number of aryl methyl sites for hydroxylation is 3. The van der Waals surface area contributed by atoms with Crippen LogP contribution in [0.2, 0.25) is 0 Å². The van der Waals surface area contributed by atoms with Gasteiger partial charge in [0.2, 0.25) is 15.9 Å². The van der Waals surface area contributed by atoms with E-state index >= 15 is 0 Å². The molecule has 0 spiro atoms. The number of ether oxygens (including phenoxy) is 1. The van der Waals surface area contributed by atoms with E-state index in [-0.39, 0.29) is 6.10 Å². The van der Waals surface area contributed by atoms with Gasteiger partial charge in [-0.1, -0.05) is 0 Å². The number of hydrogen-bond acceptors (Lipinski definition) is 6. The van der Waals surface area contributed by atoms with Crippen molar-refractivity contribution in [2.75, 3.05) is 13.1 Å². The molecule has 1 aliphatic rings. The molecule has 0 aromatic carbocycles. The van der Waals surface area contributed by atoms with Crippen LogP contribution in [0.1, 0.15) is 37.0 Å². The zero-order valence-electron chi connectivity index (χ0n) is 15.6. The van der Waals surface area contributed by atoms with Crippen molar-refractivity contribution >= 4 is 10.0 Å². The summed E-state index contributed by atoms with van der Waals surface area (Å²) in [6.45, 7) is 8.82. The smallest absolute Gasteiger partial charge is 0.246 e. The van der Waals surface area contributed by atoms with Crippen molar-refractivity contribution in [3.05, 3.63) is 29.5 Å². The summed E-state index contributed by atoms with van der Waals surface area (Å²) >= 11 is 0. The van der Waals surface area contributed by atoms with Crippen LogP contribution < -0.4 is 4.74 Å². The molecular formula is C17H25N5O3S. The van der Waals surface area contributed by atoms with Gasteiger partial charge in [-0.2, -0.15) is 14.4 Å². The fourth-order valence-corrected chi connectivity index (χ4v) is 5.19. The number of sulfonamides is 1. The van der Waals surface area contributed by atoms with Crippen LogP contribution in [0, 0.1) is 20.8 Å². The first-order valence-electron chi connectivity index (χ1n) is 8.83. The standard InChI is InChI=1S/C17H25N5O3S/c1-5-22-13(3)17(12(2)20-22)26(23,24)21-10-7-15(8-11-21)25-16-6-9-18-14(4)19-16/h6,9,15H,5,7-8,10-11H2,1-4H3. The fraction of sp³-hybridized carbons (Fsp3) is 0.588. The highest BCUT2D eigenvalue weighted by atomic mass is 32.2. The fourth-order valence-electron chi connectivity index (χ4n) is 3.35. The molecule has 3 heterocycles. The minimum absolute atomic E-state index is 0.0451. The lowest BCUT2D eigenvalue weighted by atomic mass is 10.1. The summed E-state index contributed by atoms with van der Waals surface area (Å²) in [7, 11) is -3.55. The SMILES string of the molecule is CCn1nc(C)c(S(=O)(=O)N2CCC(Oc3ccnc(C)n3)CC2)c1C. The molecule has 3 rings (SSSR count). The number of nitrogens with zero attached hydrogens (tertiary/aromatic N) is 5. The molecule has 0 N–H and O–H groups in total. The predicted molar refractivity (Wildman–Crippen MR) is 96.6 cm³/mol. The zero-order chi connectivity index (χ0) is 18.9. The van der Waals surface area contributed by atoms with Crippen LogP contribution in [0.15, 0.2) is 17.2 Å². The number of rotatable bonds is 5.